The first-order valence-electron chi connectivity index (χ1n) is 8.42. The normalized spacial score (nSPS) is 22.8. The number of alkyl halides is 4. The summed E-state index contributed by atoms with van der Waals surface area (Å²) in [6.45, 7) is 1.39. The number of amides is 3. The molecule has 0 aliphatic carbocycles. The minimum absolute atomic E-state index is 0.0296. The molecule has 2 aromatic rings. The summed E-state index contributed by atoms with van der Waals surface area (Å²) in [5, 5.41) is 10.6. The molecule has 2 atom stereocenters. The van der Waals surface area contributed by atoms with E-state index in [1.807, 2.05) is 0 Å². The number of carbonyl (C=O) groups is 2. The van der Waals surface area contributed by atoms with Gasteiger partial charge < -0.3 is 9.84 Å². The van der Waals surface area contributed by atoms with Crippen molar-refractivity contribution in [1.82, 2.24) is 4.90 Å². The number of aliphatic hydroxyl groups is 1. The van der Waals surface area contributed by atoms with E-state index in [1.165, 1.54) is 19.1 Å². The number of aliphatic hydroxyl groups excluding tert-OH is 1. The summed E-state index contributed by atoms with van der Waals surface area (Å²) in [6, 6.07) is 12.4. The van der Waals surface area contributed by atoms with Crippen molar-refractivity contribution in [2.45, 2.75) is 30.4 Å². The molecule has 0 radical (unpaired) electrons. The summed E-state index contributed by atoms with van der Waals surface area (Å²) in [4.78, 5) is 27.7. The maximum Gasteiger partial charge on any atom is 0.573 e. The number of urea groups is 1. The van der Waals surface area contributed by atoms with Crippen LogP contribution in [0.25, 0.3) is 0 Å². The van der Waals surface area contributed by atoms with E-state index < -0.39 is 34.6 Å². The number of halogens is 4. The van der Waals surface area contributed by atoms with Crippen LogP contribution in [-0.4, -0.2) is 38.9 Å². The van der Waals surface area contributed by atoms with Crippen LogP contribution < -0.4 is 9.64 Å². The molecule has 29 heavy (non-hydrogen) atoms. The highest BCUT2D eigenvalue weighted by Gasteiger charge is 2.53. The van der Waals surface area contributed by atoms with E-state index in [2.05, 4.69) is 20.7 Å². The lowest BCUT2D eigenvalue weighted by molar-refractivity contribution is -0.274. The Hall–Kier alpha value is -2.59. The quantitative estimate of drug-likeness (QED) is 0.682. The van der Waals surface area contributed by atoms with Gasteiger partial charge in [0.25, 0.3) is 5.91 Å². The fourth-order valence-electron chi connectivity index (χ4n) is 2.90. The lowest BCUT2D eigenvalue weighted by Gasteiger charge is -2.45. The zero-order valence-corrected chi connectivity index (χ0v) is 16.6. The third kappa shape index (κ3) is 4.38. The highest BCUT2D eigenvalue weighted by molar-refractivity contribution is 9.10. The second-order valence-electron chi connectivity index (χ2n) is 6.52. The van der Waals surface area contributed by atoms with E-state index in [1.54, 1.807) is 30.3 Å². The van der Waals surface area contributed by atoms with Gasteiger partial charge in [-0.1, -0.05) is 46.3 Å². The fourth-order valence-corrected chi connectivity index (χ4v) is 3.32. The zero-order chi connectivity index (χ0) is 21.4. The number of nitrogens with zero attached hydrogens (tertiary/aromatic N) is 2. The molecule has 1 heterocycles. The molecule has 1 saturated heterocycles. The van der Waals surface area contributed by atoms with Crippen molar-refractivity contribution in [1.29, 1.82) is 0 Å². The third-order valence-electron chi connectivity index (χ3n) is 4.36. The molecule has 0 aromatic heterocycles. The molecule has 0 bridgehead atoms. The van der Waals surface area contributed by atoms with Crippen LogP contribution in [0.3, 0.4) is 0 Å². The molecular formula is C19H16BrF3N2O4. The Bertz CT molecular complexity index is 904. The van der Waals surface area contributed by atoms with Crippen molar-refractivity contribution in [2.75, 3.05) is 4.90 Å². The van der Waals surface area contributed by atoms with E-state index in [4.69, 9.17) is 0 Å². The smallest absolute Gasteiger partial charge is 0.406 e. The average Bonchev–Trinajstić information content (AvgIpc) is 2.65. The monoisotopic (exact) mass is 472 g/mol. The van der Waals surface area contributed by atoms with Crippen LogP contribution in [0.15, 0.2) is 54.6 Å². The van der Waals surface area contributed by atoms with Gasteiger partial charge in [0.05, 0.1) is 6.54 Å². The second-order valence-corrected chi connectivity index (χ2v) is 8.17. The molecule has 3 amide bonds. The molecule has 0 saturated carbocycles. The standard InChI is InChI=1S/C19H16BrF3N2O4/c1-18(20)15(26)24(11-12-5-3-2-4-6-12)17(28)25(16(18)27)13-7-9-14(10-8-13)29-19(21,22)23/h2-10,16,27H,11H2,1H3. The van der Waals surface area contributed by atoms with E-state index in [0.29, 0.717) is 5.56 Å². The minimum Gasteiger partial charge on any atom is -0.406 e. The Morgan fingerprint density at radius 1 is 1.10 bits per heavy atom. The molecule has 0 spiro atoms. The van der Waals surface area contributed by atoms with Crippen molar-refractivity contribution in [3.63, 3.8) is 0 Å². The summed E-state index contributed by atoms with van der Waals surface area (Å²) in [7, 11) is 0. The molecule has 6 nitrogen and oxygen atoms in total. The molecule has 1 aliphatic rings. The van der Waals surface area contributed by atoms with Crippen molar-refractivity contribution in [3.05, 3.63) is 60.2 Å². The molecule has 10 heteroatoms. The van der Waals surface area contributed by atoms with Gasteiger partial charge in [-0.3, -0.25) is 14.6 Å². The van der Waals surface area contributed by atoms with Crippen LogP contribution in [0.2, 0.25) is 0 Å². The Morgan fingerprint density at radius 2 is 1.69 bits per heavy atom. The van der Waals surface area contributed by atoms with E-state index >= 15 is 0 Å². The first-order valence-corrected chi connectivity index (χ1v) is 9.22. The topological polar surface area (TPSA) is 70.1 Å². The Kier molecular flexibility index (Phi) is 5.59. The predicted molar refractivity (Wildman–Crippen MR) is 101 cm³/mol. The summed E-state index contributed by atoms with van der Waals surface area (Å²) >= 11 is 3.19. The highest BCUT2D eigenvalue weighted by atomic mass is 79.9. The van der Waals surface area contributed by atoms with Crippen LogP contribution in [0.1, 0.15) is 12.5 Å². The van der Waals surface area contributed by atoms with Gasteiger partial charge in [0.2, 0.25) is 0 Å². The number of hydrogen-bond donors (Lipinski definition) is 1. The minimum atomic E-state index is -4.85. The van der Waals surface area contributed by atoms with Crippen molar-refractivity contribution in [2.24, 2.45) is 0 Å². The van der Waals surface area contributed by atoms with Gasteiger partial charge in [-0.15, -0.1) is 13.2 Å². The molecule has 2 aromatic carbocycles. The van der Waals surface area contributed by atoms with Crippen molar-refractivity contribution in [3.8, 4) is 5.75 Å². The summed E-state index contributed by atoms with van der Waals surface area (Å²) in [5.74, 6) is -1.11. The van der Waals surface area contributed by atoms with Gasteiger partial charge >= 0.3 is 12.4 Å². The molecule has 1 N–H and O–H groups in total. The average molecular weight is 473 g/mol. The van der Waals surface area contributed by atoms with Crippen LogP contribution in [0.4, 0.5) is 23.7 Å². The number of carbonyl (C=O) groups excluding carboxylic acids is 2. The molecular weight excluding hydrogens is 457 g/mol. The van der Waals surface area contributed by atoms with E-state index in [-0.39, 0.29) is 12.2 Å². The van der Waals surface area contributed by atoms with Crippen LogP contribution in [-0.2, 0) is 11.3 Å². The van der Waals surface area contributed by atoms with E-state index in [9.17, 15) is 27.9 Å². The van der Waals surface area contributed by atoms with Gasteiger partial charge in [-0.05, 0) is 36.8 Å². The van der Waals surface area contributed by atoms with Crippen molar-refractivity contribution >= 4 is 33.6 Å². The molecule has 1 aliphatic heterocycles. The SMILES string of the molecule is CC1(Br)C(=O)N(Cc2ccccc2)C(=O)N(c2ccc(OC(F)(F)F)cc2)C1O. The lowest BCUT2D eigenvalue weighted by Crippen LogP contribution is -2.67. The fraction of sp³-hybridized carbons (Fsp3) is 0.263. The largest absolute Gasteiger partial charge is 0.573 e. The Labute approximate surface area is 172 Å². The van der Waals surface area contributed by atoms with Gasteiger partial charge in [-0.2, -0.15) is 0 Å². The molecule has 3 rings (SSSR count). The summed E-state index contributed by atoms with van der Waals surface area (Å²) in [5.41, 5.74) is 0.802. The summed E-state index contributed by atoms with van der Waals surface area (Å²) < 4.78 is 39.3. The molecule has 2 unspecified atom stereocenters. The lowest BCUT2D eigenvalue weighted by atomic mass is 10.0. The molecule has 1 fully saturated rings. The predicted octanol–water partition coefficient (Wildman–Crippen LogP) is 4.03. The van der Waals surface area contributed by atoms with Gasteiger partial charge in [0.15, 0.2) is 6.23 Å². The van der Waals surface area contributed by atoms with Crippen molar-refractivity contribution < 1.29 is 32.6 Å². The van der Waals surface area contributed by atoms with E-state index in [0.717, 1.165) is 21.9 Å². The van der Waals surface area contributed by atoms with Crippen LogP contribution in [0.5, 0.6) is 5.75 Å². The number of imide groups is 1. The second kappa shape index (κ2) is 7.68. The number of ether oxygens (including phenoxy) is 1. The Balaban J connectivity index is 1.92. The first-order chi connectivity index (χ1) is 13.5. The van der Waals surface area contributed by atoms with Crippen LogP contribution >= 0.6 is 15.9 Å². The number of benzene rings is 2. The highest BCUT2D eigenvalue weighted by Crippen LogP contribution is 2.37. The first kappa shape index (κ1) is 21.1. The third-order valence-corrected chi connectivity index (χ3v) is 5.11. The number of rotatable bonds is 4. The Morgan fingerprint density at radius 3 is 2.24 bits per heavy atom. The maximum absolute atomic E-state index is 13.0. The number of anilines is 1. The van der Waals surface area contributed by atoms with Crippen LogP contribution in [0, 0.1) is 0 Å². The molecule has 154 valence electrons. The number of hydrogen-bond acceptors (Lipinski definition) is 4. The zero-order valence-electron chi connectivity index (χ0n) is 15.1. The van der Waals surface area contributed by atoms with Gasteiger partial charge in [-0.25, -0.2) is 4.79 Å². The van der Waals surface area contributed by atoms with Gasteiger partial charge in [0.1, 0.15) is 10.1 Å². The van der Waals surface area contributed by atoms with Gasteiger partial charge in [0, 0.05) is 5.69 Å². The summed E-state index contributed by atoms with van der Waals surface area (Å²) in [6.07, 6.45) is -6.43. The maximum atomic E-state index is 13.0.